The van der Waals surface area contributed by atoms with Crippen LogP contribution in [-0.4, -0.2) is 58.8 Å². The lowest BCUT2D eigenvalue weighted by atomic mass is 9.86. The molecular weight excluding hydrogens is 410 g/mol. The maximum atomic E-state index is 10.6. The van der Waals surface area contributed by atoms with Gasteiger partial charge < -0.3 is 14.9 Å². The van der Waals surface area contributed by atoms with E-state index >= 15 is 0 Å². The highest BCUT2D eigenvalue weighted by molar-refractivity contribution is 5.94. The first-order valence-electron chi connectivity index (χ1n) is 10.7. The minimum absolute atomic E-state index is 0.0111. The van der Waals surface area contributed by atoms with Crippen LogP contribution in [0.3, 0.4) is 0 Å². The van der Waals surface area contributed by atoms with Crippen molar-refractivity contribution in [1.29, 1.82) is 0 Å². The van der Waals surface area contributed by atoms with Gasteiger partial charge in [-0.15, -0.1) is 0 Å². The molecule has 1 aliphatic heterocycles. The van der Waals surface area contributed by atoms with Crippen molar-refractivity contribution in [3.05, 3.63) is 71.3 Å². The first-order chi connectivity index (χ1) is 15.3. The summed E-state index contributed by atoms with van der Waals surface area (Å²) in [6.07, 6.45) is 17.2. The molecule has 0 fully saturated rings. The van der Waals surface area contributed by atoms with Gasteiger partial charge in [0.2, 0.25) is 0 Å². The van der Waals surface area contributed by atoms with Crippen LogP contribution in [0.5, 0.6) is 0 Å². The number of carboxylic acid groups (broad SMARTS) is 2. The normalized spacial score (nSPS) is 19.1. The van der Waals surface area contributed by atoms with E-state index < -0.39 is 11.9 Å². The molecule has 7 nitrogen and oxygen atoms in total. The van der Waals surface area contributed by atoms with Crippen LogP contribution in [0, 0.1) is 6.92 Å². The molecule has 1 aromatic rings. The monoisotopic (exact) mass is 443 g/mol. The molecule has 174 valence electrons. The van der Waals surface area contributed by atoms with Gasteiger partial charge in [0.15, 0.2) is 0 Å². The highest BCUT2D eigenvalue weighted by Crippen LogP contribution is 2.30. The smallest absolute Gasteiger partial charge is 0.335 e. The summed E-state index contributed by atoms with van der Waals surface area (Å²) in [4.78, 5) is 32.9. The van der Waals surface area contributed by atoms with Crippen molar-refractivity contribution in [3.8, 4) is 0 Å². The Hall–Kier alpha value is -3.19. The molecular formula is C25H33NO6. The van der Waals surface area contributed by atoms with E-state index in [1.54, 1.807) is 13.8 Å². The fraction of sp³-hybridized carbons (Fsp3) is 0.400. The number of benzene rings is 1. The minimum atomic E-state index is -1.12. The number of ether oxygens (including phenoxy) is 1. The molecule has 3 rings (SSSR count). The van der Waals surface area contributed by atoms with Gasteiger partial charge in [0.05, 0.1) is 17.7 Å². The van der Waals surface area contributed by atoms with Gasteiger partial charge in [0, 0.05) is 18.6 Å². The molecule has 2 N–H and O–H groups in total. The van der Waals surface area contributed by atoms with Crippen LogP contribution in [0.25, 0.3) is 0 Å². The van der Waals surface area contributed by atoms with Crippen LogP contribution in [0.15, 0.2) is 54.7 Å². The summed E-state index contributed by atoms with van der Waals surface area (Å²) in [5.74, 6) is -2.23. The van der Waals surface area contributed by atoms with E-state index in [4.69, 9.17) is 10.2 Å². The molecule has 1 heterocycles. The van der Waals surface area contributed by atoms with Crippen molar-refractivity contribution < 1.29 is 29.3 Å². The van der Waals surface area contributed by atoms with Gasteiger partial charge in [-0.3, -0.25) is 9.69 Å². The summed E-state index contributed by atoms with van der Waals surface area (Å²) in [6.45, 7) is 8.91. The molecule has 0 saturated carbocycles. The second kappa shape index (κ2) is 14.0. The highest BCUT2D eigenvalue weighted by Gasteiger charge is 2.31. The molecule has 32 heavy (non-hydrogen) atoms. The van der Waals surface area contributed by atoms with Crippen LogP contribution >= 0.6 is 0 Å². The van der Waals surface area contributed by atoms with Crippen LogP contribution in [0.4, 0.5) is 0 Å². The molecule has 1 unspecified atom stereocenters. The Morgan fingerprint density at radius 2 is 1.88 bits per heavy atom. The second-order valence-corrected chi connectivity index (χ2v) is 7.35. The first kappa shape index (κ1) is 26.8. The summed E-state index contributed by atoms with van der Waals surface area (Å²) >= 11 is 0. The van der Waals surface area contributed by atoms with Crippen molar-refractivity contribution in [2.75, 3.05) is 19.7 Å². The molecule has 1 aromatic carbocycles. The van der Waals surface area contributed by atoms with E-state index in [9.17, 15) is 14.4 Å². The molecule has 7 heteroatoms. The van der Waals surface area contributed by atoms with Crippen LogP contribution in [0.2, 0.25) is 0 Å². The Balaban J connectivity index is 0.000000267. The number of aryl methyl sites for hydroxylation is 1. The fourth-order valence-corrected chi connectivity index (χ4v) is 3.47. The quantitative estimate of drug-likeness (QED) is 0.493. The largest absolute Gasteiger partial charge is 0.478 e. The molecule has 1 atom stereocenters. The number of allylic oxidation sites excluding steroid dienone is 2. The van der Waals surface area contributed by atoms with Crippen LogP contribution in [-0.2, 0) is 9.53 Å². The third kappa shape index (κ3) is 8.15. The molecule has 0 radical (unpaired) electrons. The van der Waals surface area contributed by atoms with Crippen molar-refractivity contribution in [2.45, 2.75) is 45.6 Å². The molecule has 0 spiro atoms. The van der Waals surface area contributed by atoms with Crippen molar-refractivity contribution in [2.24, 2.45) is 0 Å². The lowest BCUT2D eigenvalue weighted by molar-refractivity contribution is -0.128. The van der Waals surface area contributed by atoms with Gasteiger partial charge in [0.25, 0.3) is 6.47 Å². The Morgan fingerprint density at radius 1 is 1.12 bits per heavy atom. The molecule has 0 aromatic heterocycles. The molecule has 0 saturated heterocycles. The number of aromatic carboxylic acids is 2. The summed E-state index contributed by atoms with van der Waals surface area (Å²) in [5, 5.41) is 17.3. The maximum Gasteiger partial charge on any atom is 0.335 e. The molecule has 0 amide bonds. The number of rotatable bonds is 6. The SMILES string of the molecule is CCC1(N2CC=CCC2)C=CC=CC1.CCOC=O.Cc1ccc(C(=O)O)cc1C(=O)O. The third-order valence-corrected chi connectivity index (χ3v) is 5.37. The Morgan fingerprint density at radius 3 is 2.31 bits per heavy atom. The lowest BCUT2D eigenvalue weighted by Gasteiger charge is -2.42. The fourth-order valence-electron chi connectivity index (χ4n) is 3.47. The molecule has 0 bridgehead atoms. The van der Waals surface area contributed by atoms with E-state index in [1.165, 1.54) is 37.9 Å². The number of carbonyl (C=O) groups is 3. The van der Waals surface area contributed by atoms with Gasteiger partial charge in [-0.2, -0.15) is 0 Å². The van der Waals surface area contributed by atoms with Gasteiger partial charge in [0.1, 0.15) is 0 Å². The number of nitrogens with zero attached hydrogens (tertiary/aromatic N) is 1. The topological polar surface area (TPSA) is 104 Å². The summed E-state index contributed by atoms with van der Waals surface area (Å²) in [5.41, 5.74) is 0.875. The van der Waals surface area contributed by atoms with Crippen LogP contribution in [0.1, 0.15) is 59.4 Å². The summed E-state index contributed by atoms with van der Waals surface area (Å²) < 4.78 is 4.15. The summed E-state index contributed by atoms with van der Waals surface area (Å²) in [7, 11) is 0. The highest BCUT2D eigenvalue weighted by atomic mass is 16.5. The van der Waals surface area contributed by atoms with E-state index in [-0.39, 0.29) is 11.1 Å². The Kier molecular flexibility index (Phi) is 11.7. The van der Waals surface area contributed by atoms with Gasteiger partial charge in [-0.25, -0.2) is 9.59 Å². The van der Waals surface area contributed by atoms with E-state index in [0.717, 1.165) is 12.6 Å². The Bertz CT molecular complexity index is 858. The lowest BCUT2D eigenvalue weighted by Crippen LogP contribution is -2.48. The molecule has 2 aliphatic rings. The summed E-state index contributed by atoms with van der Waals surface area (Å²) in [6, 6.07) is 4.01. The first-order valence-corrected chi connectivity index (χ1v) is 10.7. The maximum absolute atomic E-state index is 10.6. The van der Waals surface area contributed by atoms with Crippen molar-refractivity contribution in [1.82, 2.24) is 4.90 Å². The average molecular weight is 444 g/mol. The molecule has 1 aliphatic carbocycles. The second-order valence-electron chi connectivity index (χ2n) is 7.35. The van der Waals surface area contributed by atoms with Gasteiger partial charge >= 0.3 is 11.9 Å². The Labute approximate surface area is 189 Å². The average Bonchev–Trinajstić information content (AvgIpc) is 2.81. The zero-order valence-electron chi connectivity index (χ0n) is 19.0. The zero-order chi connectivity index (χ0) is 24.0. The standard InChI is InChI=1S/C13H19N.C9H8O4.C3H6O2/c1-2-13(9-5-3-6-10-13)14-11-7-4-8-12-14;1-5-2-3-6(8(10)11)4-7(5)9(12)13;1-2-5-3-4/h3-7,9H,2,8,10-12H2,1H3;2-4H,1H3,(H,10,11)(H,12,13);3H,2H2,1H3. The van der Waals surface area contributed by atoms with Crippen molar-refractivity contribution in [3.63, 3.8) is 0 Å². The predicted molar refractivity (Wildman–Crippen MR) is 124 cm³/mol. The number of carbonyl (C=O) groups excluding carboxylic acids is 1. The van der Waals surface area contributed by atoms with Gasteiger partial charge in [-0.05, 0) is 50.8 Å². The van der Waals surface area contributed by atoms with E-state index in [1.807, 2.05) is 0 Å². The van der Waals surface area contributed by atoms with Crippen LogP contribution < -0.4 is 0 Å². The predicted octanol–water partition coefficient (Wildman–Crippen LogP) is 4.48. The number of hydrogen-bond acceptors (Lipinski definition) is 5. The van der Waals surface area contributed by atoms with Crippen molar-refractivity contribution >= 4 is 18.4 Å². The number of carboxylic acids is 2. The number of hydrogen-bond donors (Lipinski definition) is 2. The third-order valence-electron chi connectivity index (χ3n) is 5.37. The van der Waals surface area contributed by atoms with E-state index in [0.29, 0.717) is 24.2 Å². The van der Waals surface area contributed by atoms with Gasteiger partial charge in [-0.1, -0.05) is 49.4 Å². The minimum Gasteiger partial charge on any atom is -0.478 e. The van der Waals surface area contributed by atoms with E-state index in [2.05, 4.69) is 53.0 Å². The zero-order valence-corrected chi connectivity index (χ0v) is 19.0.